The molecule has 0 saturated carbocycles. The van der Waals surface area contributed by atoms with Crippen LogP contribution in [0.25, 0.3) is 0 Å². The summed E-state index contributed by atoms with van der Waals surface area (Å²) >= 11 is 0. The van der Waals surface area contributed by atoms with Gasteiger partial charge in [-0.15, -0.1) is 0 Å². The summed E-state index contributed by atoms with van der Waals surface area (Å²) in [5.41, 5.74) is 10.5. The number of hydrogen-bond acceptors (Lipinski definition) is 2. The van der Waals surface area contributed by atoms with Gasteiger partial charge in [0.25, 0.3) is 11.7 Å². The summed E-state index contributed by atoms with van der Waals surface area (Å²) in [6.07, 6.45) is 1.71. The second-order valence-corrected chi connectivity index (χ2v) is 2.22. The lowest BCUT2D eigenvalue weighted by Crippen LogP contribution is -2.42. The van der Waals surface area contributed by atoms with Crippen LogP contribution in [0.15, 0.2) is 24.4 Å². The topological polar surface area (TPSA) is 73.0 Å². The van der Waals surface area contributed by atoms with Gasteiger partial charge in [0.15, 0.2) is 6.54 Å². The third-order valence-electron chi connectivity index (χ3n) is 1.30. The van der Waals surface area contributed by atoms with Crippen molar-refractivity contribution >= 4 is 11.7 Å². The van der Waals surface area contributed by atoms with E-state index < -0.39 is 5.91 Å². The van der Waals surface area contributed by atoms with Gasteiger partial charge in [0.2, 0.25) is 0 Å². The average molecular weight is 152 g/mol. The maximum absolute atomic E-state index is 10.5. The Morgan fingerprint density at radius 2 is 2.27 bits per heavy atom. The number of pyridine rings is 1. The molecule has 0 atom stereocenters. The van der Waals surface area contributed by atoms with Gasteiger partial charge in [-0.25, -0.2) is 4.57 Å². The highest BCUT2D eigenvalue weighted by atomic mass is 16.1. The molecule has 0 saturated heterocycles. The van der Waals surface area contributed by atoms with Gasteiger partial charge in [-0.1, -0.05) is 6.07 Å². The van der Waals surface area contributed by atoms with Crippen LogP contribution in [0.4, 0.5) is 5.82 Å². The van der Waals surface area contributed by atoms with Crippen LogP contribution in [0.1, 0.15) is 0 Å². The monoisotopic (exact) mass is 152 g/mol. The van der Waals surface area contributed by atoms with E-state index >= 15 is 0 Å². The summed E-state index contributed by atoms with van der Waals surface area (Å²) in [4.78, 5) is 10.5. The van der Waals surface area contributed by atoms with E-state index in [4.69, 9.17) is 11.5 Å². The lowest BCUT2D eigenvalue weighted by molar-refractivity contribution is -0.669. The number of nitrogens with two attached hydrogens (primary N) is 2. The van der Waals surface area contributed by atoms with E-state index in [0.717, 1.165) is 0 Å². The van der Waals surface area contributed by atoms with Crippen molar-refractivity contribution in [3.63, 3.8) is 0 Å². The van der Waals surface area contributed by atoms with Gasteiger partial charge in [0.1, 0.15) is 0 Å². The van der Waals surface area contributed by atoms with Crippen molar-refractivity contribution in [1.29, 1.82) is 0 Å². The number of anilines is 1. The Labute approximate surface area is 64.4 Å². The molecule has 1 aromatic rings. The Balaban J connectivity index is 2.86. The molecule has 0 aliphatic rings. The molecule has 4 heteroatoms. The molecule has 1 aromatic heterocycles. The fraction of sp³-hybridized carbons (Fsp3) is 0.143. The van der Waals surface area contributed by atoms with Gasteiger partial charge in [0, 0.05) is 6.07 Å². The summed E-state index contributed by atoms with van der Waals surface area (Å²) in [7, 11) is 0. The van der Waals surface area contributed by atoms with Crippen LogP contribution in [-0.4, -0.2) is 5.91 Å². The maximum Gasteiger partial charge on any atom is 0.272 e. The number of primary amides is 1. The van der Waals surface area contributed by atoms with E-state index in [1.54, 1.807) is 29.0 Å². The zero-order valence-corrected chi connectivity index (χ0v) is 6.03. The van der Waals surface area contributed by atoms with Gasteiger partial charge in [-0.05, 0) is 6.07 Å². The van der Waals surface area contributed by atoms with Crippen LogP contribution < -0.4 is 16.0 Å². The fourth-order valence-electron chi connectivity index (χ4n) is 0.801. The molecule has 4 N–H and O–H groups in total. The Morgan fingerprint density at radius 1 is 1.55 bits per heavy atom. The van der Waals surface area contributed by atoms with Crippen molar-refractivity contribution in [2.45, 2.75) is 6.54 Å². The number of carbonyl (C=O) groups is 1. The minimum Gasteiger partial charge on any atom is -0.366 e. The average Bonchev–Trinajstić information content (AvgIpc) is 1.93. The predicted octanol–water partition coefficient (Wildman–Crippen LogP) is -0.958. The fourth-order valence-corrected chi connectivity index (χ4v) is 0.801. The van der Waals surface area contributed by atoms with Gasteiger partial charge in [0.05, 0.1) is 6.20 Å². The molecule has 1 amide bonds. The maximum atomic E-state index is 10.5. The van der Waals surface area contributed by atoms with Crippen LogP contribution in [0.2, 0.25) is 0 Å². The van der Waals surface area contributed by atoms with E-state index in [-0.39, 0.29) is 6.54 Å². The highest BCUT2D eigenvalue weighted by Gasteiger charge is 2.04. The number of rotatable bonds is 2. The van der Waals surface area contributed by atoms with Crippen LogP contribution in [-0.2, 0) is 11.3 Å². The van der Waals surface area contributed by atoms with Crippen molar-refractivity contribution in [1.82, 2.24) is 0 Å². The molecular weight excluding hydrogens is 142 g/mol. The third kappa shape index (κ3) is 1.93. The summed E-state index contributed by atoms with van der Waals surface area (Å²) in [5.74, 6) is 0.138. The minimum absolute atomic E-state index is 0.132. The zero-order chi connectivity index (χ0) is 8.27. The van der Waals surface area contributed by atoms with Crippen molar-refractivity contribution in [2.75, 3.05) is 5.73 Å². The minimum atomic E-state index is -0.395. The highest BCUT2D eigenvalue weighted by Crippen LogP contribution is 1.89. The summed E-state index contributed by atoms with van der Waals surface area (Å²) in [6, 6.07) is 5.30. The second-order valence-electron chi connectivity index (χ2n) is 2.22. The van der Waals surface area contributed by atoms with E-state index in [9.17, 15) is 4.79 Å². The van der Waals surface area contributed by atoms with Crippen LogP contribution >= 0.6 is 0 Å². The summed E-state index contributed by atoms with van der Waals surface area (Å²) in [6.45, 7) is 0.132. The van der Waals surface area contributed by atoms with E-state index in [1.165, 1.54) is 0 Å². The van der Waals surface area contributed by atoms with E-state index in [0.29, 0.717) is 5.82 Å². The Hall–Kier alpha value is -1.58. The molecule has 0 radical (unpaired) electrons. The van der Waals surface area contributed by atoms with E-state index in [1.807, 2.05) is 0 Å². The smallest absolute Gasteiger partial charge is 0.272 e. The number of nitrogens with zero attached hydrogens (tertiary/aromatic N) is 1. The Bertz CT molecular complexity index is 272. The molecule has 4 nitrogen and oxygen atoms in total. The second kappa shape index (κ2) is 3.01. The lowest BCUT2D eigenvalue weighted by atomic mass is 10.4. The summed E-state index contributed by atoms with van der Waals surface area (Å²) in [5, 5.41) is 0. The number of hydrogen-bond donors (Lipinski definition) is 2. The first kappa shape index (κ1) is 7.53. The molecule has 58 valence electrons. The van der Waals surface area contributed by atoms with E-state index in [2.05, 4.69) is 0 Å². The number of aromatic nitrogens is 1. The Kier molecular flexibility index (Phi) is 2.06. The van der Waals surface area contributed by atoms with Crippen LogP contribution in [0, 0.1) is 0 Å². The molecule has 1 rings (SSSR count). The van der Waals surface area contributed by atoms with Gasteiger partial charge < -0.3 is 5.73 Å². The molecule has 0 spiro atoms. The first-order valence-electron chi connectivity index (χ1n) is 3.22. The molecule has 11 heavy (non-hydrogen) atoms. The molecule has 0 aliphatic heterocycles. The zero-order valence-electron chi connectivity index (χ0n) is 6.03. The molecule has 0 bridgehead atoms. The molecular formula is C7H10N3O+. The summed E-state index contributed by atoms with van der Waals surface area (Å²) < 4.78 is 1.59. The molecule has 0 aliphatic carbocycles. The molecule has 0 fully saturated rings. The lowest BCUT2D eigenvalue weighted by Gasteiger charge is -1.97. The van der Waals surface area contributed by atoms with Gasteiger partial charge in [-0.2, -0.15) is 0 Å². The number of nitrogen functional groups attached to an aromatic ring is 1. The van der Waals surface area contributed by atoms with Crippen LogP contribution in [0.5, 0.6) is 0 Å². The first-order valence-corrected chi connectivity index (χ1v) is 3.22. The standard InChI is InChI=1S/C7H9N3O/c8-6-3-1-2-4-10(6)5-7(9)11/h1-4,8H,5H2,(H2,9,11)/p+1. The first-order chi connectivity index (χ1) is 5.20. The molecule has 0 unspecified atom stereocenters. The SMILES string of the molecule is NC(=O)C[n+]1ccccc1N. The van der Waals surface area contributed by atoms with Crippen molar-refractivity contribution < 1.29 is 9.36 Å². The predicted molar refractivity (Wildman–Crippen MR) is 40.2 cm³/mol. The third-order valence-corrected chi connectivity index (χ3v) is 1.30. The number of carbonyl (C=O) groups excluding carboxylic acids is 1. The molecule has 0 aromatic carbocycles. The largest absolute Gasteiger partial charge is 0.366 e. The number of amides is 1. The highest BCUT2D eigenvalue weighted by molar-refractivity contribution is 5.72. The van der Waals surface area contributed by atoms with Crippen LogP contribution in [0.3, 0.4) is 0 Å². The Morgan fingerprint density at radius 3 is 2.82 bits per heavy atom. The quantitative estimate of drug-likeness (QED) is 0.536. The van der Waals surface area contributed by atoms with Gasteiger partial charge in [-0.3, -0.25) is 10.5 Å². The van der Waals surface area contributed by atoms with Crippen molar-refractivity contribution in [3.05, 3.63) is 24.4 Å². The van der Waals surface area contributed by atoms with Gasteiger partial charge >= 0.3 is 0 Å². The molecule has 1 heterocycles. The van der Waals surface area contributed by atoms with Crippen molar-refractivity contribution in [3.8, 4) is 0 Å². The van der Waals surface area contributed by atoms with Crippen molar-refractivity contribution in [2.24, 2.45) is 5.73 Å². The normalized spacial score (nSPS) is 9.45.